The van der Waals surface area contributed by atoms with E-state index in [1.165, 1.54) is 19.3 Å². The van der Waals surface area contributed by atoms with E-state index >= 15 is 0 Å². The standard InChI is InChI=1S/C10H16N2O2/c13-10-11(6-9-7-14-9)4-5-12(10)8-2-1-3-8/h8-9H,1-7H2. The molecule has 0 aromatic heterocycles. The normalized spacial score (nSPS) is 32.3. The molecule has 1 atom stereocenters. The van der Waals surface area contributed by atoms with Gasteiger partial charge in [0.2, 0.25) is 0 Å². The Balaban J connectivity index is 1.58. The molecule has 1 saturated carbocycles. The minimum atomic E-state index is 0.241. The molecular weight excluding hydrogens is 180 g/mol. The van der Waals surface area contributed by atoms with Gasteiger partial charge in [0.25, 0.3) is 0 Å². The Hall–Kier alpha value is -0.770. The van der Waals surface area contributed by atoms with Crippen LogP contribution in [0.1, 0.15) is 19.3 Å². The van der Waals surface area contributed by atoms with Gasteiger partial charge in [0.05, 0.1) is 19.3 Å². The molecule has 4 heteroatoms. The third-order valence-electron chi connectivity index (χ3n) is 3.47. The zero-order valence-electron chi connectivity index (χ0n) is 8.32. The summed E-state index contributed by atoms with van der Waals surface area (Å²) in [7, 11) is 0. The quantitative estimate of drug-likeness (QED) is 0.622. The maximum absolute atomic E-state index is 11.9. The molecule has 3 fully saturated rings. The Bertz CT molecular complexity index is 249. The number of carbonyl (C=O) groups excluding carboxylic acids is 1. The fourth-order valence-corrected chi connectivity index (χ4v) is 2.23. The lowest BCUT2D eigenvalue weighted by Crippen LogP contribution is -2.43. The molecule has 0 N–H and O–H groups in total. The monoisotopic (exact) mass is 196 g/mol. The highest BCUT2D eigenvalue weighted by Gasteiger charge is 2.38. The van der Waals surface area contributed by atoms with Gasteiger partial charge in [0.1, 0.15) is 0 Å². The summed E-state index contributed by atoms with van der Waals surface area (Å²) in [6.45, 7) is 3.47. The van der Waals surface area contributed by atoms with Gasteiger partial charge >= 0.3 is 6.03 Å². The Morgan fingerprint density at radius 1 is 1.36 bits per heavy atom. The summed E-state index contributed by atoms with van der Waals surface area (Å²) in [6, 6.07) is 0.790. The fourth-order valence-electron chi connectivity index (χ4n) is 2.23. The maximum Gasteiger partial charge on any atom is 0.320 e. The summed E-state index contributed by atoms with van der Waals surface area (Å²) >= 11 is 0. The number of epoxide rings is 1. The van der Waals surface area contributed by atoms with Crippen molar-refractivity contribution in [2.24, 2.45) is 0 Å². The van der Waals surface area contributed by atoms with Crippen molar-refractivity contribution in [2.45, 2.75) is 31.4 Å². The van der Waals surface area contributed by atoms with E-state index in [9.17, 15) is 4.79 Å². The van der Waals surface area contributed by atoms with Gasteiger partial charge in [-0.1, -0.05) is 0 Å². The molecule has 0 spiro atoms. The number of urea groups is 1. The molecule has 2 aliphatic heterocycles. The van der Waals surface area contributed by atoms with E-state index < -0.39 is 0 Å². The van der Waals surface area contributed by atoms with Crippen LogP contribution in [0.3, 0.4) is 0 Å². The Morgan fingerprint density at radius 3 is 2.71 bits per heavy atom. The van der Waals surface area contributed by atoms with Crippen LogP contribution in [0.25, 0.3) is 0 Å². The molecule has 1 unspecified atom stereocenters. The van der Waals surface area contributed by atoms with Crippen molar-refractivity contribution in [3.8, 4) is 0 Å². The smallest absolute Gasteiger partial charge is 0.320 e. The minimum Gasteiger partial charge on any atom is -0.371 e. The molecule has 4 nitrogen and oxygen atoms in total. The molecule has 78 valence electrons. The van der Waals surface area contributed by atoms with Crippen LogP contribution >= 0.6 is 0 Å². The van der Waals surface area contributed by atoms with Crippen molar-refractivity contribution in [1.82, 2.24) is 9.80 Å². The van der Waals surface area contributed by atoms with Crippen molar-refractivity contribution in [3.05, 3.63) is 0 Å². The molecule has 0 aromatic carbocycles. The fraction of sp³-hybridized carbons (Fsp3) is 0.900. The number of amides is 2. The van der Waals surface area contributed by atoms with Crippen LogP contribution < -0.4 is 0 Å². The first-order valence-electron chi connectivity index (χ1n) is 5.52. The number of carbonyl (C=O) groups is 1. The van der Waals surface area contributed by atoms with Gasteiger partial charge in [-0.25, -0.2) is 4.79 Å². The van der Waals surface area contributed by atoms with Crippen molar-refractivity contribution in [3.63, 3.8) is 0 Å². The number of hydrogen-bond acceptors (Lipinski definition) is 2. The highest BCUT2D eigenvalue weighted by atomic mass is 16.6. The van der Waals surface area contributed by atoms with E-state index in [2.05, 4.69) is 0 Å². The van der Waals surface area contributed by atoms with Crippen LogP contribution in [0.2, 0.25) is 0 Å². The molecular formula is C10H16N2O2. The second-order valence-electron chi connectivity index (χ2n) is 4.46. The summed E-state index contributed by atoms with van der Waals surface area (Å²) < 4.78 is 5.14. The molecule has 0 bridgehead atoms. The first-order chi connectivity index (χ1) is 6.84. The van der Waals surface area contributed by atoms with Crippen LogP contribution in [-0.2, 0) is 4.74 Å². The SMILES string of the molecule is O=C1N(CC2CO2)CCN1C1CCC1. The summed E-state index contributed by atoms with van der Waals surface area (Å²) in [6.07, 6.45) is 4.04. The molecule has 3 rings (SSSR count). The topological polar surface area (TPSA) is 36.1 Å². The molecule has 2 heterocycles. The average molecular weight is 196 g/mol. The zero-order chi connectivity index (χ0) is 9.54. The summed E-state index contributed by atoms with van der Waals surface area (Å²) in [5.74, 6) is 0. The van der Waals surface area contributed by atoms with Gasteiger partial charge in [-0.05, 0) is 19.3 Å². The van der Waals surface area contributed by atoms with Gasteiger partial charge in [-0.15, -0.1) is 0 Å². The van der Waals surface area contributed by atoms with Crippen molar-refractivity contribution >= 4 is 6.03 Å². The van der Waals surface area contributed by atoms with Gasteiger partial charge in [0.15, 0.2) is 0 Å². The maximum atomic E-state index is 11.9. The summed E-state index contributed by atoms with van der Waals surface area (Å²) in [4.78, 5) is 15.9. The molecule has 0 radical (unpaired) electrons. The first-order valence-corrected chi connectivity index (χ1v) is 5.52. The third kappa shape index (κ3) is 1.38. The molecule has 2 amide bonds. The Kier molecular flexibility index (Phi) is 1.90. The zero-order valence-corrected chi connectivity index (χ0v) is 8.32. The molecule has 3 aliphatic rings. The second-order valence-corrected chi connectivity index (χ2v) is 4.46. The van der Waals surface area contributed by atoms with Gasteiger partial charge in [0, 0.05) is 19.1 Å². The van der Waals surface area contributed by atoms with Crippen molar-refractivity contribution in [1.29, 1.82) is 0 Å². The van der Waals surface area contributed by atoms with Crippen molar-refractivity contribution in [2.75, 3.05) is 26.2 Å². The van der Waals surface area contributed by atoms with Gasteiger partial charge < -0.3 is 14.5 Å². The number of ether oxygens (including phenoxy) is 1. The third-order valence-corrected chi connectivity index (χ3v) is 3.47. The molecule has 1 aliphatic carbocycles. The predicted octanol–water partition coefficient (Wildman–Crippen LogP) is 0.675. The van der Waals surface area contributed by atoms with Crippen LogP contribution in [0, 0.1) is 0 Å². The lowest BCUT2D eigenvalue weighted by atomic mass is 9.92. The lowest BCUT2D eigenvalue weighted by molar-refractivity contribution is 0.147. The van der Waals surface area contributed by atoms with E-state index in [0.29, 0.717) is 12.1 Å². The number of rotatable bonds is 3. The number of hydrogen-bond donors (Lipinski definition) is 0. The van der Waals surface area contributed by atoms with Crippen LogP contribution in [0.4, 0.5) is 4.79 Å². The average Bonchev–Trinajstić information content (AvgIpc) is 2.82. The minimum absolute atomic E-state index is 0.241. The molecule has 14 heavy (non-hydrogen) atoms. The van der Waals surface area contributed by atoms with Crippen molar-refractivity contribution < 1.29 is 9.53 Å². The highest BCUT2D eigenvalue weighted by Crippen LogP contribution is 2.28. The summed E-state index contributed by atoms with van der Waals surface area (Å²) in [5.41, 5.74) is 0. The molecule has 0 aromatic rings. The van der Waals surface area contributed by atoms with Crippen LogP contribution in [0.5, 0.6) is 0 Å². The van der Waals surface area contributed by atoms with Crippen LogP contribution in [-0.4, -0.2) is 54.2 Å². The molecule has 2 saturated heterocycles. The first kappa shape index (κ1) is 8.53. The largest absolute Gasteiger partial charge is 0.371 e. The Labute approximate surface area is 83.8 Å². The van der Waals surface area contributed by atoms with Gasteiger partial charge in [-0.2, -0.15) is 0 Å². The lowest BCUT2D eigenvalue weighted by Gasteiger charge is -2.34. The Morgan fingerprint density at radius 2 is 2.14 bits per heavy atom. The predicted molar refractivity (Wildman–Crippen MR) is 51.1 cm³/mol. The van der Waals surface area contributed by atoms with E-state index in [-0.39, 0.29) is 6.03 Å². The van der Waals surface area contributed by atoms with Gasteiger partial charge in [-0.3, -0.25) is 0 Å². The van der Waals surface area contributed by atoms with E-state index in [4.69, 9.17) is 4.74 Å². The summed E-state index contributed by atoms with van der Waals surface area (Å²) in [5, 5.41) is 0. The highest BCUT2D eigenvalue weighted by molar-refractivity contribution is 5.77. The van der Waals surface area contributed by atoms with E-state index in [1.807, 2.05) is 9.80 Å². The second kappa shape index (κ2) is 3.12. The number of nitrogens with zero attached hydrogens (tertiary/aromatic N) is 2. The van der Waals surface area contributed by atoms with E-state index in [1.54, 1.807) is 0 Å². The van der Waals surface area contributed by atoms with E-state index in [0.717, 1.165) is 26.2 Å². The van der Waals surface area contributed by atoms with Crippen LogP contribution in [0.15, 0.2) is 0 Å².